The fourth-order valence-corrected chi connectivity index (χ4v) is 4.53. The number of carbonyl (C=O) groups is 2. The summed E-state index contributed by atoms with van der Waals surface area (Å²) in [7, 11) is -2.29. The molecule has 0 bridgehead atoms. The van der Waals surface area contributed by atoms with E-state index < -0.39 is 21.8 Å². The minimum absolute atomic E-state index is 0.00498. The zero-order valence-electron chi connectivity index (χ0n) is 17.8. The molecule has 1 fully saturated rings. The van der Waals surface area contributed by atoms with Crippen molar-refractivity contribution in [1.82, 2.24) is 15.2 Å². The maximum absolute atomic E-state index is 12.8. The minimum Gasteiger partial charge on any atom is -0.493 e. The summed E-state index contributed by atoms with van der Waals surface area (Å²) in [5.41, 5.74) is 4.94. The van der Waals surface area contributed by atoms with E-state index in [9.17, 15) is 18.0 Å². The molecule has 2 aromatic carbocycles. The second-order valence-electron chi connectivity index (χ2n) is 6.75. The summed E-state index contributed by atoms with van der Waals surface area (Å²) in [6.07, 6.45) is 0. The number of hydrazine groups is 1. The lowest BCUT2D eigenvalue weighted by atomic mass is 10.2. The second kappa shape index (κ2) is 10.4. The third kappa shape index (κ3) is 5.36. The van der Waals surface area contributed by atoms with Crippen LogP contribution in [0.3, 0.4) is 0 Å². The van der Waals surface area contributed by atoms with Crippen molar-refractivity contribution in [3.05, 3.63) is 53.6 Å². The standard InChI is InChI=1S/C21H25N3O7S/c1-3-31-18-8-7-16(14-19(18)29-2)21(26)23-22-20(25)15-5-4-6-17(13-15)32(27,28)24-9-11-30-12-10-24/h4-8,13-14H,3,9-12H2,1-2H3,(H,22,25)(H,23,26). The molecule has 1 heterocycles. The summed E-state index contributed by atoms with van der Waals surface area (Å²) in [5.74, 6) is -0.354. The Morgan fingerprint density at radius 2 is 1.66 bits per heavy atom. The van der Waals surface area contributed by atoms with Gasteiger partial charge in [-0.1, -0.05) is 6.07 Å². The van der Waals surface area contributed by atoms with Crippen molar-refractivity contribution in [3.8, 4) is 11.5 Å². The maximum atomic E-state index is 12.8. The SMILES string of the molecule is CCOc1ccc(C(=O)NNC(=O)c2cccc(S(=O)(=O)N3CCOCC3)c2)cc1OC. The number of ether oxygens (including phenoxy) is 3. The van der Waals surface area contributed by atoms with Crippen molar-refractivity contribution in [2.45, 2.75) is 11.8 Å². The number of morpholine rings is 1. The molecule has 172 valence electrons. The Morgan fingerprint density at radius 3 is 2.28 bits per heavy atom. The van der Waals surface area contributed by atoms with Crippen LogP contribution in [-0.2, 0) is 14.8 Å². The minimum atomic E-state index is -3.75. The van der Waals surface area contributed by atoms with Crippen molar-refractivity contribution in [2.24, 2.45) is 0 Å². The lowest BCUT2D eigenvalue weighted by molar-refractivity contribution is 0.0730. The summed E-state index contributed by atoms with van der Waals surface area (Å²) < 4.78 is 42.7. The van der Waals surface area contributed by atoms with Crippen LogP contribution < -0.4 is 20.3 Å². The molecule has 11 heteroatoms. The summed E-state index contributed by atoms with van der Waals surface area (Å²) >= 11 is 0. The molecule has 2 N–H and O–H groups in total. The highest BCUT2D eigenvalue weighted by Crippen LogP contribution is 2.28. The van der Waals surface area contributed by atoms with Crippen LogP contribution in [0.15, 0.2) is 47.4 Å². The van der Waals surface area contributed by atoms with Crippen LogP contribution in [0, 0.1) is 0 Å². The van der Waals surface area contributed by atoms with Crippen LogP contribution in [0.2, 0.25) is 0 Å². The van der Waals surface area contributed by atoms with E-state index in [1.54, 1.807) is 6.07 Å². The number of hydrogen-bond acceptors (Lipinski definition) is 7. The Balaban J connectivity index is 1.67. The third-order valence-corrected chi connectivity index (χ3v) is 6.61. The van der Waals surface area contributed by atoms with Crippen LogP contribution in [0.25, 0.3) is 0 Å². The average Bonchev–Trinajstić information content (AvgIpc) is 2.83. The van der Waals surface area contributed by atoms with Gasteiger partial charge in [-0.3, -0.25) is 20.4 Å². The zero-order chi connectivity index (χ0) is 23.1. The topological polar surface area (TPSA) is 123 Å². The van der Waals surface area contributed by atoms with Crippen LogP contribution in [0.4, 0.5) is 0 Å². The third-order valence-electron chi connectivity index (χ3n) is 4.72. The highest BCUT2D eigenvalue weighted by molar-refractivity contribution is 7.89. The van der Waals surface area contributed by atoms with Gasteiger partial charge in [-0.25, -0.2) is 8.42 Å². The monoisotopic (exact) mass is 463 g/mol. The molecule has 0 unspecified atom stereocenters. The smallest absolute Gasteiger partial charge is 0.269 e. The van der Waals surface area contributed by atoms with Gasteiger partial charge in [0.2, 0.25) is 10.0 Å². The molecule has 2 amide bonds. The van der Waals surface area contributed by atoms with Crippen molar-refractivity contribution >= 4 is 21.8 Å². The van der Waals surface area contributed by atoms with Gasteiger partial charge in [0, 0.05) is 24.2 Å². The van der Waals surface area contributed by atoms with Crippen LogP contribution >= 0.6 is 0 Å². The van der Waals surface area contributed by atoms with Gasteiger partial charge in [0.1, 0.15) is 0 Å². The number of hydrogen-bond donors (Lipinski definition) is 2. The zero-order valence-corrected chi connectivity index (χ0v) is 18.6. The molecule has 0 aliphatic carbocycles. The number of methoxy groups -OCH3 is 1. The Kier molecular flexibility index (Phi) is 7.67. The first-order valence-corrected chi connectivity index (χ1v) is 11.4. The normalized spacial score (nSPS) is 14.4. The Bertz CT molecular complexity index is 1080. The van der Waals surface area contributed by atoms with E-state index in [1.165, 1.54) is 47.8 Å². The van der Waals surface area contributed by atoms with E-state index in [0.717, 1.165) is 0 Å². The summed E-state index contributed by atoms with van der Waals surface area (Å²) in [6.45, 7) is 3.42. The van der Waals surface area contributed by atoms with Crippen molar-refractivity contribution < 1.29 is 32.2 Å². The first-order chi connectivity index (χ1) is 15.4. The number of benzene rings is 2. The molecule has 0 spiro atoms. The number of amides is 2. The first kappa shape index (κ1) is 23.5. The fraction of sp³-hybridized carbons (Fsp3) is 0.333. The van der Waals surface area contributed by atoms with Crippen LogP contribution in [0.1, 0.15) is 27.6 Å². The van der Waals surface area contributed by atoms with E-state index >= 15 is 0 Å². The molecule has 1 aliphatic heterocycles. The number of sulfonamides is 1. The molecule has 10 nitrogen and oxygen atoms in total. The lowest BCUT2D eigenvalue weighted by Crippen LogP contribution is -2.42. The largest absolute Gasteiger partial charge is 0.493 e. The Labute approximate surface area is 186 Å². The molecule has 2 aromatic rings. The van der Waals surface area contributed by atoms with Gasteiger partial charge in [0.15, 0.2) is 11.5 Å². The van der Waals surface area contributed by atoms with E-state index in [-0.39, 0.29) is 29.1 Å². The van der Waals surface area contributed by atoms with Gasteiger partial charge in [-0.05, 0) is 43.3 Å². The average molecular weight is 464 g/mol. The van der Waals surface area contributed by atoms with Gasteiger partial charge in [0.25, 0.3) is 11.8 Å². The van der Waals surface area contributed by atoms with Crippen molar-refractivity contribution in [2.75, 3.05) is 40.0 Å². The first-order valence-electron chi connectivity index (χ1n) is 9.96. The van der Waals surface area contributed by atoms with Gasteiger partial charge in [-0.15, -0.1) is 0 Å². The number of nitrogens with one attached hydrogen (secondary N) is 2. The molecule has 1 aliphatic rings. The van der Waals surface area contributed by atoms with E-state index in [1.807, 2.05) is 6.92 Å². The van der Waals surface area contributed by atoms with Gasteiger partial charge in [-0.2, -0.15) is 4.31 Å². The number of nitrogens with zero attached hydrogens (tertiary/aromatic N) is 1. The van der Waals surface area contributed by atoms with Crippen LogP contribution in [-0.4, -0.2) is 64.6 Å². The molecule has 3 rings (SSSR count). The molecule has 1 saturated heterocycles. The van der Waals surface area contributed by atoms with Crippen molar-refractivity contribution in [3.63, 3.8) is 0 Å². The molecule has 0 saturated carbocycles. The van der Waals surface area contributed by atoms with Gasteiger partial charge in [0.05, 0.1) is 31.8 Å². The molecule has 0 radical (unpaired) electrons. The Hall–Kier alpha value is -3.15. The summed E-state index contributed by atoms with van der Waals surface area (Å²) in [6, 6.07) is 10.2. The fourth-order valence-electron chi connectivity index (χ4n) is 3.08. The Morgan fingerprint density at radius 1 is 1.00 bits per heavy atom. The van der Waals surface area contributed by atoms with E-state index in [4.69, 9.17) is 14.2 Å². The predicted octanol–water partition coefficient (Wildman–Crippen LogP) is 1.19. The predicted molar refractivity (Wildman–Crippen MR) is 115 cm³/mol. The lowest BCUT2D eigenvalue weighted by Gasteiger charge is -2.26. The highest BCUT2D eigenvalue weighted by atomic mass is 32.2. The molecule has 0 aromatic heterocycles. The maximum Gasteiger partial charge on any atom is 0.269 e. The summed E-state index contributed by atoms with van der Waals surface area (Å²) in [5, 5.41) is 0. The molecule has 32 heavy (non-hydrogen) atoms. The van der Waals surface area contributed by atoms with Gasteiger partial charge < -0.3 is 14.2 Å². The van der Waals surface area contributed by atoms with E-state index in [0.29, 0.717) is 31.3 Å². The van der Waals surface area contributed by atoms with Crippen LogP contribution in [0.5, 0.6) is 11.5 Å². The summed E-state index contributed by atoms with van der Waals surface area (Å²) in [4.78, 5) is 24.9. The second-order valence-corrected chi connectivity index (χ2v) is 8.69. The number of carbonyl (C=O) groups excluding carboxylic acids is 2. The highest BCUT2D eigenvalue weighted by Gasteiger charge is 2.27. The molecular weight excluding hydrogens is 438 g/mol. The number of rotatable bonds is 7. The van der Waals surface area contributed by atoms with Crippen molar-refractivity contribution in [1.29, 1.82) is 0 Å². The van der Waals surface area contributed by atoms with Gasteiger partial charge >= 0.3 is 0 Å². The quantitative estimate of drug-likeness (QED) is 0.591. The van der Waals surface area contributed by atoms with E-state index in [2.05, 4.69) is 10.9 Å². The molecular formula is C21H25N3O7S. The molecule has 0 atom stereocenters.